The third-order valence-corrected chi connectivity index (χ3v) is 7.01. The number of aliphatic imine (C=N–C) groups is 2. The summed E-state index contributed by atoms with van der Waals surface area (Å²) in [6.45, 7) is 0.243. The third kappa shape index (κ3) is 5.68. The fraction of sp³-hybridized carbons (Fsp3) is 0.179. The van der Waals surface area contributed by atoms with Crippen molar-refractivity contribution in [2.24, 2.45) is 9.98 Å². The van der Waals surface area contributed by atoms with E-state index in [2.05, 4.69) is 20.6 Å². The van der Waals surface area contributed by atoms with Gasteiger partial charge in [-0.3, -0.25) is 19.4 Å². The van der Waals surface area contributed by atoms with E-state index >= 15 is 0 Å². The summed E-state index contributed by atoms with van der Waals surface area (Å²) in [6, 6.07) is 19.5. The molecule has 0 aromatic heterocycles. The van der Waals surface area contributed by atoms with Crippen LogP contribution in [0.1, 0.15) is 17.5 Å². The first kappa shape index (κ1) is 26.1. The molecule has 0 radical (unpaired) electrons. The standard InChI is InChI=1S/C28H24FN5O4S/c1-38-23-13-7-2-8-17(23)15-30-24(35)14-22-27(37)34-26(32-22)18-9-3-5-11-20(18)33-28(34)39-16-25(36)31-21-12-6-4-10-19(21)29/h2-13,22H,14-16H2,1H3,(H,30,35)(H,31,36)/t22-/m0/s1. The lowest BCUT2D eigenvalue weighted by Crippen LogP contribution is -2.42. The lowest BCUT2D eigenvalue weighted by molar-refractivity contribution is -0.128. The van der Waals surface area contributed by atoms with Crippen molar-refractivity contribution < 1.29 is 23.5 Å². The highest BCUT2D eigenvalue weighted by Gasteiger charge is 2.42. The summed E-state index contributed by atoms with van der Waals surface area (Å²) in [6.07, 6.45) is -0.151. The minimum Gasteiger partial charge on any atom is -0.496 e. The zero-order valence-electron chi connectivity index (χ0n) is 20.9. The number of para-hydroxylation sites is 3. The fourth-order valence-corrected chi connectivity index (χ4v) is 5.00. The van der Waals surface area contributed by atoms with E-state index in [1.807, 2.05) is 30.3 Å². The predicted molar refractivity (Wildman–Crippen MR) is 148 cm³/mol. The van der Waals surface area contributed by atoms with Crippen LogP contribution in [0, 0.1) is 5.82 Å². The first-order valence-corrected chi connectivity index (χ1v) is 13.1. The molecule has 39 heavy (non-hydrogen) atoms. The molecule has 3 aromatic carbocycles. The highest BCUT2D eigenvalue weighted by molar-refractivity contribution is 8.14. The van der Waals surface area contributed by atoms with E-state index in [9.17, 15) is 18.8 Å². The molecule has 0 fully saturated rings. The number of ether oxygens (including phenoxy) is 1. The molecule has 0 saturated carbocycles. The molecule has 9 nitrogen and oxygen atoms in total. The van der Waals surface area contributed by atoms with Gasteiger partial charge in [0.25, 0.3) is 5.91 Å². The first-order chi connectivity index (χ1) is 18.9. The van der Waals surface area contributed by atoms with E-state index < -0.39 is 23.7 Å². The number of thioether (sulfide) groups is 1. The molecule has 0 saturated heterocycles. The van der Waals surface area contributed by atoms with Gasteiger partial charge in [-0.15, -0.1) is 0 Å². The molecule has 11 heteroatoms. The molecule has 3 aromatic rings. The van der Waals surface area contributed by atoms with Crippen molar-refractivity contribution in [1.29, 1.82) is 0 Å². The maximum Gasteiger partial charge on any atom is 0.259 e. The summed E-state index contributed by atoms with van der Waals surface area (Å²) in [5.74, 6) is -0.832. The summed E-state index contributed by atoms with van der Waals surface area (Å²) in [4.78, 5) is 49.2. The van der Waals surface area contributed by atoms with Crippen LogP contribution in [0.2, 0.25) is 0 Å². The quantitative estimate of drug-likeness (QED) is 0.446. The van der Waals surface area contributed by atoms with E-state index in [-0.39, 0.29) is 35.5 Å². The highest BCUT2D eigenvalue weighted by Crippen LogP contribution is 2.34. The molecular weight excluding hydrogens is 521 g/mol. The molecule has 2 aliphatic heterocycles. The number of nitrogens with one attached hydrogen (secondary N) is 2. The molecule has 2 aliphatic rings. The number of methoxy groups -OCH3 is 1. The maximum atomic E-state index is 13.9. The number of hydrogen-bond acceptors (Lipinski definition) is 7. The van der Waals surface area contributed by atoms with Gasteiger partial charge in [-0.05, 0) is 30.3 Å². The molecule has 3 amide bonds. The van der Waals surface area contributed by atoms with Crippen molar-refractivity contribution in [2.45, 2.75) is 19.0 Å². The number of carbonyl (C=O) groups is 3. The van der Waals surface area contributed by atoms with Crippen LogP contribution in [-0.2, 0) is 20.9 Å². The lowest BCUT2D eigenvalue weighted by Gasteiger charge is -2.25. The molecule has 0 aliphatic carbocycles. The van der Waals surface area contributed by atoms with Gasteiger partial charge >= 0.3 is 0 Å². The largest absolute Gasteiger partial charge is 0.496 e. The number of amides is 3. The highest BCUT2D eigenvalue weighted by atomic mass is 32.2. The molecule has 0 unspecified atom stereocenters. The number of anilines is 1. The van der Waals surface area contributed by atoms with E-state index in [0.717, 1.165) is 17.3 Å². The Labute approximate surface area is 228 Å². The van der Waals surface area contributed by atoms with Crippen molar-refractivity contribution in [3.63, 3.8) is 0 Å². The summed E-state index contributed by atoms with van der Waals surface area (Å²) in [7, 11) is 1.56. The SMILES string of the molecule is COc1ccccc1CNC(=O)C[C@@H]1N=C2c3ccccc3N=C(SCC(=O)Nc3ccccc3F)N2C1=O. The number of benzene rings is 3. The summed E-state index contributed by atoms with van der Waals surface area (Å²) >= 11 is 1.03. The van der Waals surface area contributed by atoms with Gasteiger partial charge in [-0.25, -0.2) is 14.3 Å². The van der Waals surface area contributed by atoms with Gasteiger partial charge in [0.05, 0.1) is 30.7 Å². The van der Waals surface area contributed by atoms with Gasteiger partial charge in [0.1, 0.15) is 23.4 Å². The lowest BCUT2D eigenvalue weighted by atomic mass is 10.1. The van der Waals surface area contributed by atoms with Gasteiger partial charge < -0.3 is 15.4 Å². The summed E-state index contributed by atoms with van der Waals surface area (Å²) in [5, 5.41) is 5.61. The Bertz CT molecular complexity index is 1510. The van der Waals surface area contributed by atoms with Crippen LogP contribution in [0.5, 0.6) is 5.75 Å². The van der Waals surface area contributed by atoms with Gasteiger partial charge in [0, 0.05) is 17.7 Å². The zero-order valence-corrected chi connectivity index (χ0v) is 21.7. The van der Waals surface area contributed by atoms with Crippen molar-refractivity contribution in [2.75, 3.05) is 18.2 Å². The Balaban J connectivity index is 1.28. The Kier molecular flexibility index (Phi) is 7.69. The summed E-state index contributed by atoms with van der Waals surface area (Å²) < 4.78 is 19.2. The van der Waals surface area contributed by atoms with Crippen LogP contribution < -0.4 is 15.4 Å². The summed E-state index contributed by atoms with van der Waals surface area (Å²) in [5.41, 5.74) is 2.13. The number of fused-ring (bicyclic) bond motifs is 3. The number of halogens is 1. The van der Waals surface area contributed by atoms with E-state index in [0.29, 0.717) is 22.8 Å². The third-order valence-electron chi connectivity index (χ3n) is 6.08. The molecule has 1 atom stereocenters. The second-order valence-electron chi connectivity index (χ2n) is 8.66. The average Bonchev–Trinajstić information content (AvgIpc) is 3.28. The molecule has 0 bridgehead atoms. The number of hydrogen-bond donors (Lipinski definition) is 2. The minimum absolute atomic E-state index is 0.0673. The Morgan fingerprint density at radius 1 is 1.03 bits per heavy atom. The topological polar surface area (TPSA) is 112 Å². The Hall–Kier alpha value is -4.51. The smallest absolute Gasteiger partial charge is 0.259 e. The molecule has 2 N–H and O–H groups in total. The van der Waals surface area contributed by atoms with Gasteiger partial charge in [0.15, 0.2) is 5.17 Å². The van der Waals surface area contributed by atoms with Gasteiger partial charge in [0.2, 0.25) is 11.8 Å². The Morgan fingerprint density at radius 3 is 2.59 bits per heavy atom. The Morgan fingerprint density at radius 2 is 1.77 bits per heavy atom. The van der Waals surface area contributed by atoms with Gasteiger partial charge in [-0.2, -0.15) is 0 Å². The first-order valence-electron chi connectivity index (χ1n) is 12.1. The molecule has 2 heterocycles. The number of rotatable bonds is 8. The second-order valence-corrected chi connectivity index (χ2v) is 9.61. The molecule has 0 spiro atoms. The fourth-order valence-electron chi connectivity index (χ4n) is 4.20. The maximum absolute atomic E-state index is 13.9. The second kappa shape index (κ2) is 11.5. The van der Waals surface area contributed by atoms with Crippen molar-refractivity contribution >= 4 is 51.9 Å². The number of carbonyl (C=O) groups excluding carboxylic acids is 3. The van der Waals surface area contributed by atoms with Crippen LogP contribution in [-0.4, -0.2) is 52.5 Å². The molecule has 198 valence electrons. The van der Waals surface area contributed by atoms with Gasteiger partial charge in [-0.1, -0.05) is 54.2 Å². The van der Waals surface area contributed by atoms with Crippen LogP contribution in [0.25, 0.3) is 0 Å². The average molecular weight is 546 g/mol. The van der Waals surface area contributed by atoms with E-state index in [1.165, 1.54) is 23.1 Å². The van der Waals surface area contributed by atoms with Crippen molar-refractivity contribution in [3.05, 3.63) is 89.7 Å². The van der Waals surface area contributed by atoms with Crippen molar-refractivity contribution in [3.8, 4) is 5.75 Å². The molecular formula is C28H24FN5O4S. The monoisotopic (exact) mass is 545 g/mol. The number of nitrogens with zero attached hydrogens (tertiary/aromatic N) is 3. The zero-order chi connectivity index (χ0) is 27.4. The normalized spacial score (nSPS) is 15.6. The number of amidine groups is 2. The predicted octanol–water partition coefficient (Wildman–Crippen LogP) is 3.87. The van der Waals surface area contributed by atoms with Crippen LogP contribution >= 0.6 is 11.8 Å². The van der Waals surface area contributed by atoms with Crippen LogP contribution in [0.4, 0.5) is 15.8 Å². The van der Waals surface area contributed by atoms with E-state index in [4.69, 9.17) is 4.74 Å². The minimum atomic E-state index is -0.943. The van der Waals surface area contributed by atoms with Crippen LogP contribution in [0.15, 0.2) is 82.8 Å². The van der Waals surface area contributed by atoms with E-state index in [1.54, 1.807) is 31.4 Å². The molecule has 5 rings (SSSR count). The van der Waals surface area contributed by atoms with Crippen molar-refractivity contribution in [1.82, 2.24) is 10.2 Å². The van der Waals surface area contributed by atoms with Crippen LogP contribution in [0.3, 0.4) is 0 Å².